The van der Waals surface area contributed by atoms with Crippen molar-refractivity contribution in [2.75, 3.05) is 37.7 Å². The molecule has 1 aromatic rings. The zero-order valence-corrected chi connectivity index (χ0v) is 13.6. The number of hydrogen-bond donors (Lipinski definition) is 0. The maximum absolute atomic E-state index is 13.0. The lowest BCUT2D eigenvalue weighted by Gasteiger charge is -2.37. The monoisotopic (exact) mass is 319 g/mol. The van der Waals surface area contributed by atoms with Gasteiger partial charge in [0.1, 0.15) is 5.82 Å². The molecule has 2 heterocycles. The second-order valence-corrected chi connectivity index (χ2v) is 6.91. The summed E-state index contributed by atoms with van der Waals surface area (Å²) in [4.78, 5) is 30.0. The molecule has 124 valence electrons. The molecule has 5 nitrogen and oxygen atoms in total. The predicted molar refractivity (Wildman–Crippen MR) is 85.3 cm³/mol. The van der Waals surface area contributed by atoms with Gasteiger partial charge in [0, 0.05) is 38.3 Å². The van der Waals surface area contributed by atoms with E-state index in [1.165, 1.54) is 17.0 Å². The topological polar surface area (TPSA) is 43.9 Å². The molecule has 0 aromatic heterocycles. The van der Waals surface area contributed by atoms with Crippen LogP contribution in [0.3, 0.4) is 0 Å². The molecule has 0 aliphatic carbocycles. The van der Waals surface area contributed by atoms with Crippen LogP contribution in [-0.2, 0) is 9.59 Å². The summed E-state index contributed by atoms with van der Waals surface area (Å²) >= 11 is 0. The van der Waals surface area contributed by atoms with E-state index in [-0.39, 0.29) is 17.6 Å². The molecule has 0 bridgehead atoms. The molecule has 0 atom stereocenters. The lowest BCUT2D eigenvalue weighted by Crippen LogP contribution is -2.51. The van der Waals surface area contributed by atoms with E-state index in [0.29, 0.717) is 13.1 Å². The molecule has 2 aliphatic rings. The Kier molecular flexibility index (Phi) is 4.10. The van der Waals surface area contributed by atoms with Gasteiger partial charge < -0.3 is 4.90 Å². The van der Waals surface area contributed by atoms with E-state index in [1.54, 1.807) is 12.1 Å². The summed E-state index contributed by atoms with van der Waals surface area (Å²) in [5.74, 6) is -0.398. The van der Waals surface area contributed by atoms with Gasteiger partial charge >= 0.3 is 0 Å². The fourth-order valence-electron chi connectivity index (χ4n) is 3.17. The Balaban J connectivity index is 1.56. The van der Waals surface area contributed by atoms with Crippen molar-refractivity contribution in [1.82, 2.24) is 9.80 Å². The number of hydrogen-bond acceptors (Lipinski definition) is 4. The van der Waals surface area contributed by atoms with Gasteiger partial charge in [-0.25, -0.2) is 4.39 Å². The van der Waals surface area contributed by atoms with Crippen molar-refractivity contribution in [3.8, 4) is 0 Å². The summed E-state index contributed by atoms with van der Waals surface area (Å²) in [6.45, 7) is 7.15. The quantitative estimate of drug-likeness (QED) is 0.795. The molecule has 0 saturated carbocycles. The van der Waals surface area contributed by atoms with Crippen LogP contribution in [0.5, 0.6) is 0 Å². The summed E-state index contributed by atoms with van der Waals surface area (Å²) in [6.07, 6.45) is 0.293. The van der Waals surface area contributed by atoms with E-state index in [0.717, 1.165) is 31.9 Å². The second-order valence-electron chi connectivity index (χ2n) is 6.91. The number of benzene rings is 1. The van der Waals surface area contributed by atoms with Crippen molar-refractivity contribution in [3.05, 3.63) is 30.1 Å². The van der Waals surface area contributed by atoms with Crippen LogP contribution < -0.4 is 4.90 Å². The molecule has 0 N–H and O–H groups in total. The zero-order valence-electron chi connectivity index (χ0n) is 13.6. The third-order valence-electron chi connectivity index (χ3n) is 4.62. The first-order valence-corrected chi connectivity index (χ1v) is 7.94. The van der Waals surface area contributed by atoms with E-state index in [2.05, 4.69) is 9.80 Å². The molecule has 3 rings (SSSR count). The molecular weight excluding hydrogens is 297 g/mol. The zero-order chi connectivity index (χ0) is 16.6. The highest BCUT2D eigenvalue weighted by Crippen LogP contribution is 2.31. The van der Waals surface area contributed by atoms with E-state index >= 15 is 0 Å². The number of carbonyl (C=O) groups excluding carboxylic acids is 2. The minimum absolute atomic E-state index is 0.0801. The fourth-order valence-corrected chi connectivity index (χ4v) is 3.17. The standard InChI is InChI=1S/C17H22FN3O2/c1-17(2)11-15(22)21(16(17)23)12-19-7-9-20(10-8-19)14-5-3-13(18)4-6-14/h3-6H,7-12H2,1-2H3. The number of nitrogens with zero attached hydrogens (tertiary/aromatic N) is 3. The molecule has 0 spiro atoms. The molecular formula is C17H22FN3O2. The van der Waals surface area contributed by atoms with Gasteiger partial charge in [0.25, 0.3) is 0 Å². The van der Waals surface area contributed by atoms with Crippen molar-refractivity contribution >= 4 is 17.5 Å². The maximum Gasteiger partial charge on any atom is 0.236 e. The highest BCUT2D eigenvalue weighted by atomic mass is 19.1. The van der Waals surface area contributed by atoms with Crippen LogP contribution >= 0.6 is 0 Å². The Morgan fingerprint density at radius 3 is 2.17 bits per heavy atom. The van der Waals surface area contributed by atoms with Crippen molar-refractivity contribution in [3.63, 3.8) is 0 Å². The van der Waals surface area contributed by atoms with Crippen LogP contribution in [0.1, 0.15) is 20.3 Å². The Labute approximate surface area is 135 Å². The largest absolute Gasteiger partial charge is 0.369 e. The average molecular weight is 319 g/mol. The normalized spacial score (nSPS) is 22.0. The maximum atomic E-state index is 13.0. The summed E-state index contributed by atoms with van der Waals surface area (Å²) in [6, 6.07) is 6.48. The number of anilines is 1. The fraction of sp³-hybridized carbons (Fsp3) is 0.529. The molecule has 0 unspecified atom stereocenters. The summed E-state index contributed by atoms with van der Waals surface area (Å²) < 4.78 is 13.0. The van der Waals surface area contributed by atoms with Gasteiger partial charge in [-0.1, -0.05) is 13.8 Å². The number of imide groups is 1. The third-order valence-corrected chi connectivity index (χ3v) is 4.62. The van der Waals surface area contributed by atoms with E-state index in [1.807, 2.05) is 13.8 Å². The van der Waals surface area contributed by atoms with Crippen LogP contribution in [0.2, 0.25) is 0 Å². The molecule has 6 heteroatoms. The van der Waals surface area contributed by atoms with Crippen LogP contribution in [0, 0.1) is 11.2 Å². The van der Waals surface area contributed by atoms with Gasteiger partial charge in [-0.3, -0.25) is 19.4 Å². The first-order valence-electron chi connectivity index (χ1n) is 7.94. The Morgan fingerprint density at radius 2 is 1.65 bits per heavy atom. The number of rotatable bonds is 3. The van der Waals surface area contributed by atoms with Gasteiger partial charge in [0.2, 0.25) is 11.8 Å². The Morgan fingerprint density at radius 1 is 1.04 bits per heavy atom. The van der Waals surface area contributed by atoms with Crippen LogP contribution in [0.25, 0.3) is 0 Å². The van der Waals surface area contributed by atoms with Crippen LogP contribution in [-0.4, -0.2) is 54.5 Å². The Hall–Kier alpha value is -1.95. The van der Waals surface area contributed by atoms with E-state index in [9.17, 15) is 14.0 Å². The molecule has 0 radical (unpaired) electrons. The number of carbonyl (C=O) groups is 2. The van der Waals surface area contributed by atoms with Crippen molar-refractivity contribution < 1.29 is 14.0 Å². The summed E-state index contributed by atoms with van der Waals surface area (Å²) in [7, 11) is 0. The Bertz CT molecular complexity index is 607. The molecule has 2 fully saturated rings. The smallest absolute Gasteiger partial charge is 0.236 e. The minimum atomic E-state index is -0.576. The second kappa shape index (κ2) is 5.92. The first kappa shape index (κ1) is 15.9. The van der Waals surface area contributed by atoms with Crippen molar-refractivity contribution in [1.29, 1.82) is 0 Å². The highest BCUT2D eigenvalue weighted by molar-refractivity contribution is 6.05. The van der Waals surface area contributed by atoms with Gasteiger partial charge in [-0.05, 0) is 24.3 Å². The molecule has 1 aromatic carbocycles. The van der Waals surface area contributed by atoms with Crippen molar-refractivity contribution in [2.45, 2.75) is 20.3 Å². The average Bonchev–Trinajstić information content (AvgIpc) is 2.71. The predicted octanol–water partition coefficient (Wildman–Crippen LogP) is 1.69. The van der Waals surface area contributed by atoms with E-state index in [4.69, 9.17) is 0 Å². The lowest BCUT2D eigenvalue weighted by atomic mass is 9.92. The van der Waals surface area contributed by atoms with Gasteiger partial charge in [0.15, 0.2) is 0 Å². The van der Waals surface area contributed by atoms with Gasteiger partial charge in [-0.2, -0.15) is 0 Å². The number of halogens is 1. The molecule has 2 saturated heterocycles. The van der Waals surface area contributed by atoms with Crippen LogP contribution in [0.15, 0.2) is 24.3 Å². The number of likely N-dealkylation sites (tertiary alicyclic amines) is 1. The highest BCUT2D eigenvalue weighted by Gasteiger charge is 2.45. The SMILES string of the molecule is CC1(C)CC(=O)N(CN2CCN(c3ccc(F)cc3)CC2)C1=O. The first-order chi connectivity index (χ1) is 10.9. The summed E-state index contributed by atoms with van der Waals surface area (Å²) in [5.41, 5.74) is 0.424. The molecule has 2 amide bonds. The minimum Gasteiger partial charge on any atom is -0.369 e. The van der Waals surface area contributed by atoms with Crippen LogP contribution in [0.4, 0.5) is 10.1 Å². The van der Waals surface area contributed by atoms with Gasteiger partial charge in [0.05, 0.1) is 12.1 Å². The third kappa shape index (κ3) is 3.22. The molecule has 23 heavy (non-hydrogen) atoms. The summed E-state index contributed by atoms with van der Waals surface area (Å²) in [5, 5.41) is 0. The lowest BCUT2D eigenvalue weighted by molar-refractivity contribution is -0.143. The number of piperazine rings is 1. The number of amides is 2. The van der Waals surface area contributed by atoms with Gasteiger partial charge in [-0.15, -0.1) is 0 Å². The molecule has 2 aliphatic heterocycles. The van der Waals surface area contributed by atoms with Crippen molar-refractivity contribution in [2.24, 2.45) is 5.41 Å². The van der Waals surface area contributed by atoms with E-state index < -0.39 is 5.41 Å².